The van der Waals surface area contributed by atoms with Gasteiger partial charge in [0.15, 0.2) is 0 Å². The van der Waals surface area contributed by atoms with Crippen LogP contribution >= 0.6 is 0 Å². The summed E-state index contributed by atoms with van der Waals surface area (Å²) in [4.78, 5) is 22.9. The summed E-state index contributed by atoms with van der Waals surface area (Å²) in [6, 6.07) is 10.5. The minimum Gasteiger partial charge on any atom is -0.375 e. The second kappa shape index (κ2) is 8.72. The Morgan fingerprint density at radius 1 is 1.24 bits per heavy atom. The highest BCUT2D eigenvalue weighted by atomic mass is 16.5. The molecule has 0 spiro atoms. The number of amides is 1. The number of aryl methyl sites for hydroxylation is 2. The fourth-order valence-electron chi connectivity index (χ4n) is 3.09. The molecule has 1 aromatic heterocycles. The number of benzene rings is 1. The number of morpholine rings is 1. The van der Waals surface area contributed by atoms with Crippen molar-refractivity contribution in [2.75, 3.05) is 19.7 Å². The molecular weight excluding hydrogens is 314 g/mol. The summed E-state index contributed by atoms with van der Waals surface area (Å²) in [5.74, 6) is 0.760. The van der Waals surface area contributed by atoms with E-state index in [9.17, 15) is 4.79 Å². The van der Waals surface area contributed by atoms with Crippen LogP contribution in [0.3, 0.4) is 0 Å². The second-order valence-electron chi connectivity index (χ2n) is 6.36. The molecule has 3 rings (SSSR count). The molecule has 1 amide bonds. The molecule has 1 aromatic carbocycles. The lowest BCUT2D eigenvalue weighted by Crippen LogP contribution is -2.45. The van der Waals surface area contributed by atoms with Crippen molar-refractivity contribution in [1.82, 2.24) is 14.9 Å². The molecule has 0 radical (unpaired) electrons. The second-order valence-corrected chi connectivity index (χ2v) is 6.36. The summed E-state index contributed by atoms with van der Waals surface area (Å²) in [6.07, 6.45) is 7.21. The summed E-state index contributed by atoms with van der Waals surface area (Å²) in [6.45, 7) is 3.86. The van der Waals surface area contributed by atoms with Gasteiger partial charge in [-0.1, -0.05) is 37.3 Å². The number of nitrogens with zero attached hydrogens (tertiary/aromatic N) is 3. The molecule has 1 saturated heterocycles. The van der Waals surface area contributed by atoms with E-state index in [0.717, 1.165) is 31.5 Å². The van der Waals surface area contributed by atoms with Crippen molar-refractivity contribution in [3.8, 4) is 0 Å². The summed E-state index contributed by atoms with van der Waals surface area (Å²) in [7, 11) is 0. The van der Waals surface area contributed by atoms with Gasteiger partial charge >= 0.3 is 0 Å². The number of hydrogen-bond donors (Lipinski definition) is 0. The van der Waals surface area contributed by atoms with Gasteiger partial charge in [-0.2, -0.15) is 0 Å². The lowest BCUT2D eigenvalue weighted by molar-refractivity contribution is -0.0255. The molecule has 25 heavy (non-hydrogen) atoms. The zero-order valence-corrected chi connectivity index (χ0v) is 14.7. The van der Waals surface area contributed by atoms with Crippen LogP contribution in [0.5, 0.6) is 0 Å². The molecule has 1 aliphatic heterocycles. The number of ether oxygens (including phenoxy) is 1. The third-order valence-electron chi connectivity index (χ3n) is 4.53. The van der Waals surface area contributed by atoms with E-state index in [1.165, 1.54) is 5.56 Å². The van der Waals surface area contributed by atoms with Crippen LogP contribution in [-0.4, -0.2) is 46.6 Å². The summed E-state index contributed by atoms with van der Waals surface area (Å²) in [5.41, 5.74) is 1.90. The van der Waals surface area contributed by atoms with Crippen LogP contribution in [0.4, 0.5) is 0 Å². The Balaban J connectivity index is 1.50. The summed E-state index contributed by atoms with van der Waals surface area (Å²) >= 11 is 0. The summed E-state index contributed by atoms with van der Waals surface area (Å²) < 4.78 is 5.84. The number of carbonyl (C=O) groups excluding carboxylic acids is 1. The van der Waals surface area contributed by atoms with Crippen LogP contribution in [0.25, 0.3) is 0 Å². The maximum absolute atomic E-state index is 12.6. The SMILES string of the molecule is CCc1ncc(C(=O)N2CCO[C@@H](CCCc3ccccc3)C2)cn1. The highest BCUT2D eigenvalue weighted by molar-refractivity contribution is 5.93. The van der Waals surface area contributed by atoms with E-state index in [1.807, 2.05) is 17.9 Å². The van der Waals surface area contributed by atoms with E-state index in [0.29, 0.717) is 25.3 Å². The molecule has 0 unspecified atom stereocenters. The molecule has 0 N–H and O–H groups in total. The number of rotatable bonds is 6. The normalized spacial score (nSPS) is 17.5. The summed E-state index contributed by atoms with van der Waals surface area (Å²) in [5, 5.41) is 0. The molecule has 1 atom stereocenters. The van der Waals surface area contributed by atoms with Crippen LogP contribution in [0, 0.1) is 0 Å². The largest absolute Gasteiger partial charge is 0.375 e. The van der Waals surface area contributed by atoms with Gasteiger partial charge in [-0.05, 0) is 24.8 Å². The Bertz CT molecular complexity index is 673. The molecule has 2 aromatic rings. The number of aromatic nitrogens is 2. The molecule has 1 aliphatic rings. The first-order valence-electron chi connectivity index (χ1n) is 9.02. The third-order valence-corrected chi connectivity index (χ3v) is 4.53. The van der Waals surface area contributed by atoms with Gasteiger partial charge in [0, 0.05) is 31.9 Å². The Labute approximate surface area is 149 Å². The fourth-order valence-corrected chi connectivity index (χ4v) is 3.09. The third kappa shape index (κ3) is 4.86. The van der Waals surface area contributed by atoms with Crippen LogP contribution < -0.4 is 0 Å². The average Bonchev–Trinajstić information content (AvgIpc) is 2.68. The van der Waals surface area contributed by atoms with Gasteiger partial charge in [-0.25, -0.2) is 9.97 Å². The van der Waals surface area contributed by atoms with E-state index in [4.69, 9.17) is 4.74 Å². The zero-order chi connectivity index (χ0) is 17.5. The molecule has 132 valence electrons. The van der Waals surface area contributed by atoms with Crippen molar-refractivity contribution >= 4 is 5.91 Å². The standard InChI is InChI=1S/C20H25N3O2/c1-2-19-21-13-17(14-22-19)20(24)23-11-12-25-18(15-23)10-6-9-16-7-4-3-5-8-16/h3-5,7-8,13-14,18H,2,6,9-12,15H2,1H3/t18-/m0/s1. The van der Waals surface area contributed by atoms with Crippen LogP contribution in [0.15, 0.2) is 42.7 Å². The first-order chi connectivity index (χ1) is 12.3. The zero-order valence-electron chi connectivity index (χ0n) is 14.7. The van der Waals surface area contributed by atoms with Gasteiger partial charge in [0.1, 0.15) is 5.82 Å². The van der Waals surface area contributed by atoms with Gasteiger partial charge in [0.05, 0.1) is 18.3 Å². The van der Waals surface area contributed by atoms with E-state index in [-0.39, 0.29) is 12.0 Å². The van der Waals surface area contributed by atoms with Crippen molar-refractivity contribution in [2.45, 2.75) is 38.7 Å². The smallest absolute Gasteiger partial charge is 0.257 e. The molecule has 0 aliphatic carbocycles. The predicted molar refractivity (Wildman–Crippen MR) is 96.4 cm³/mol. The van der Waals surface area contributed by atoms with E-state index in [1.54, 1.807) is 12.4 Å². The predicted octanol–water partition coefficient (Wildman–Crippen LogP) is 2.90. The number of carbonyl (C=O) groups is 1. The highest BCUT2D eigenvalue weighted by Gasteiger charge is 2.25. The first kappa shape index (κ1) is 17.5. The lowest BCUT2D eigenvalue weighted by Gasteiger charge is -2.33. The monoisotopic (exact) mass is 339 g/mol. The quantitative estimate of drug-likeness (QED) is 0.812. The van der Waals surface area contributed by atoms with E-state index >= 15 is 0 Å². The topological polar surface area (TPSA) is 55.3 Å². The van der Waals surface area contributed by atoms with Gasteiger partial charge in [-0.15, -0.1) is 0 Å². The molecule has 5 heteroatoms. The molecular formula is C20H25N3O2. The Morgan fingerprint density at radius 3 is 2.72 bits per heavy atom. The Hall–Kier alpha value is -2.27. The van der Waals surface area contributed by atoms with Crippen LogP contribution in [0.1, 0.15) is 41.5 Å². The number of hydrogen-bond acceptors (Lipinski definition) is 4. The van der Waals surface area contributed by atoms with Crippen molar-refractivity contribution in [3.63, 3.8) is 0 Å². The Kier molecular flexibility index (Phi) is 6.12. The van der Waals surface area contributed by atoms with Gasteiger partial charge in [0.2, 0.25) is 0 Å². The van der Waals surface area contributed by atoms with Gasteiger partial charge in [0.25, 0.3) is 5.91 Å². The van der Waals surface area contributed by atoms with Crippen LogP contribution in [-0.2, 0) is 17.6 Å². The van der Waals surface area contributed by atoms with Crippen molar-refractivity contribution in [1.29, 1.82) is 0 Å². The van der Waals surface area contributed by atoms with Crippen molar-refractivity contribution in [3.05, 3.63) is 59.7 Å². The fraction of sp³-hybridized carbons (Fsp3) is 0.450. The molecule has 0 saturated carbocycles. The van der Waals surface area contributed by atoms with E-state index < -0.39 is 0 Å². The van der Waals surface area contributed by atoms with Crippen molar-refractivity contribution < 1.29 is 9.53 Å². The lowest BCUT2D eigenvalue weighted by atomic mass is 10.0. The van der Waals surface area contributed by atoms with Crippen molar-refractivity contribution in [2.24, 2.45) is 0 Å². The maximum Gasteiger partial charge on any atom is 0.257 e. The first-order valence-corrected chi connectivity index (χ1v) is 9.02. The maximum atomic E-state index is 12.6. The highest BCUT2D eigenvalue weighted by Crippen LogP contribution is 2.15. The molecule has 0 bridgehead atoms. The Morgan fingerprint density at radius 2 is 2.00 bits per heavy atom. The molecule has 1 fully saturated rings. The van der Waals surface area contributed by atoms with E-state index in [2.05, 4.69) is 34.2 Å². The van der Waals surface area contributed by atoms with Crippen LogP contribution in [0.2, 0.25) is 0 Å². The minimum absolute atomic E-state index is 0.000914. The molecule has 5 nitrogen and oxygen atoms in total. The molecule has 2 heterocycles. The van der Waals surface area contributed by atoms with Gasteiger partial charge in [-0.3, -0.25) is 4.79 Å². The average molecular weight is 339 g/mol. The van der Waals surface area contributed by atoms with Gasteiger partial charge < -0.3 is 9.64 Å². The minimum atomic E-state index is -0.000914.